The summed E-state index contributed by atoms with van der Waals surface area (Å²) < 4.78 is 0. The van der Waals surface area contributed by atoms with Gasteiger partial charge in [0.05, 0.1) is 12.3 Å². The van der Waals surface area contributed by atoms with Crippen molar-refractivity contribution in [2.75, 3.05) is 6.61 Å². The van der Waals surface area contributed by atoms with Gasteiger partial charge in [-0.25, -0.2) is 0 Å². The van der Waals surface area contributed by atoms with Crippen LogP contribution >= 0.6 is 0 Å². The van der Waals surface area contributed by atoms with Gasteiger partial charge in [0.15, 0.2) is 6.10 Å². The third-order valence-electron chi connectivity index (χ3n) is 2.29. The molecule has 0 saturated heterocycles. The van der Waals surface area contributed by atoms with Gasteiger partial charge in [-0.3, -0.25) is 0 Å². The van der Waals surface area contributed by atoms with E-state index in [1.54, 1.807) is 0 Å². The van der Waals surface area contributed by atoms with Crippen LogP contribution in [0.4, 0.5) is 0 Å². The number of benzene rings is 1. The Bertz CT molecular complexity index is 360. The van der Waals surface area contributed by atoms with Crippen molar-refractivity contribution in [3.05, 3.63) is 35.4 Å². The molecule has 1 atom stereocenters. The number of rotatable bonds is 2. The highest BCUT2D eigenvalue weighted by Gasteiger charge is 2.20. The van der Waals surface area contributed by atoms with Crippen LogP contribution in [0.3, 0.4) is 0 Å². The molecule has 0 radical (unpaired) electrons. The number of aryl methyl sites for hydroxylation is 1. The van der Waals surface area contributed by atoms with E-state index >= 15 is 0 Å². The number of hydrogen-bond acceptors (Lipinski definition) is 3. The van der Waals surface area contributed by atoms with Crippen molar-refractivity contribution < 1.29 is 9.94 Å². The van der Waals surface area contributed by atoms with E-state index in [1.807, 2.05) is 25.1 Å². The van der Waals surface area contributed by atoms with E-state index in [4.69, 9.17) is 9.94 Å². The van der Waals surface area contributed by atoms with E-state index in [1.165, 1.54) is 5.56 Å². The highest BCUT2D eigenvalue weighted by Crippen LogP contribution is 2.16. The standard InChI is InChI=1S/C11H13NO2/c1-8-3-2-4-9(5-8)11-6-10(7-13)14-12-11/h2-5,10,13H,6-7H2,1H3. The van der Waals surface area contributed by atoms with Gasteiger partial charge in [-0.2, -0.15) is 0 Å². The van der Waals surface area contributed by atoms with Gasteiger partial charge >= 0.3 is 0 Å². The van der Waals surface area contributed by atoms with Crippen LogP contribution in [0.5, 0.6) is 0 Å². The molecule has 0 aromatic heterocycles. The van der Waals surface area contributed by atoms with Crippen LogP contribution in [0.15, 0.2) is 29.4 Å². The number of oxime groups is 1. The van der Waals surface area contributed by atoms with Gasteiger partial charge in [0.25, 0.3) is 0 Å². The van der Waals surface area contributed by atoms with E-state index in [0.717, 1.165) is 11.3 Å². The van der Waals surface area contributed by atoms with Crippen molar-refractivity contribution in [3.8, 4) is 0 Å². The lowest BCUT2D eigenvalue weighted by atomic mass is 10.0. The summed E-state index contributed by atoms with van der Waals surface area (Å²) in [6, 6.07) is 8.12. The molecule has 1 heterocycles. The summed E-state index contributed by atoms with van der Waals surface area (Å²) in [6.07, 6.45) is 0.533. The molecule has 3 nitrogen and oxygen atoms in total. The van der Waals surface area contributed by atoms with Gasteiger partial charge < -0.3 is 9.94 Å². The second kappa shape index (κ2) is 3.80. The minimum absolute atomic E-state index is 0.0266. The maximum absolute atomic E-state index is 8.89. The average Bonchev–Trinajstić information content (AvgIpc) is 2.66. The molecule has 1 aliphatic rings. The molecule has 1 unspecified atom stereocenters. The summed E-state index contributed by atoms with van der Waals surface area (Å²) in [7, 11) is 0. The summed E-state index contributed by atoms with van der Waals surface area (Å²) in [5.41, 5.74) is 3.21. The van der Waals surface area contributed by atoms with Crippen LogP contribution in [0.2, 0.25) is 0 Å². The monoisotopic (exact) mass is 191 g/mol. The molecular weight excluding hydrogens is 178 g/mol. The van der Waals surface area contributed by atoms with Gasteiger partial charge in [-0.15, -0.1) is 0 Å². The summed E-state index contributed by atoms with van der Waals surface area (Å²) in [5.74, 6) is 0. The Labute approximate surface area is 83.0 Å². The molecule has 0 saturated carbocycles. The molecular formula is C11H13NO2. The second-order valence-corrected chi connectivity index (χ2v) is 3.52. The maximum Gasteiger partial charge on any atom is 0.156 e. The minimum Gasteiger partial charge on any atom is -0.392 e. The highest BCUT2D eigenvalue weighted by molar-refractivity contribution is 6.01. The Morgan fingerprint density at radius 1 is 1.57 bits per heavy atom. The SMILES string of the molecule is Cc1cccc(C2=NOC(CO)C2)c1. The molecule has 0 aliphatic carbocycles. The zero-order chi connectivity index (χ0) is 9.97. The zero-order valence-electron chi connectivity index (χ0n) is 8.10. The lowest BCUT2D eigenvalue weighted by molar-refractivity contribution is 0.0390. The fraction of sp³-hybridized carbons (Fsp3) is 0.364. The predicted molar refractivity (Wildman–Crippen MR) is 54.3 cm³/mol. The van der Waals surface area contributed by atoms with Crippen LogP contribution in [0.25, 0.3) is 0 Å². The fourth-order valence-corrected chi connectivity index (χ4v) is 1.52. The molecule has 74 valence electrons. The number of aliphatic hydroxyl groups excluding tert-OH is 1. The zero-order valence-corrected chi connectivity index (χ0v) is 8.10. The van der Waals surface area contributed by atoms with Gasteiger partial charge in [0, 0.05) is 6.42 Å². The van der Waals surface area contributed by atoms with Crippen molar-refractivity contribution in [2.24, 2.45) is 5.16 Å². The molecule has 0 bridgehead atoms. The molecule has 1 aliphatic heterocycles. The molecule has 1 aromatic carbocycles. The van der Waals surface area contributed by atoms with Crippen LogP contribution in [0, 0.1) is 6.92 Å². The maximum atomic E-state index is 8.89. The first-order valence-corrected chi connectivity index (χ1v) is 4.70. The minimum atomic E-state index is -0.162. The van der Waals surface area contributed by atoms with Crippen LogP contribution < -0.4 is 0 Å². The van der Waals surface area contributed by atoms with Crippen LogP contribution in [-0.4, -0.2) is 23.5 Å². The quantitative estimate of drug-likeness (QED) is 0.769. The molecule has 2 rings (SSSR count). The second-order valence-electron chi connectivity index (χ2n) is 3.52. The normalized spacial score (nSPS) is 20.4. The molecule has 14 heavy (non-hydrogen) atoms. The molecule has 1 N–H and O–H groups in total. The van der Waals surface area contributed by atoms with Crippen molar-refractivity contribution in [1.29, 1.82) is 0 Å². The first-order valence-electron chi connectivity index (χ1n) is 4.70. The van der Waals surface area contributed by atoms with E-state index in [2.05, 4.69) is 11.2 Å². The summed E-state index contributed by atoms with van der Waals surface area (Å²) in [5, 5.41) is 12.8. The largest absolute Gasteiger partial charge is 0.392 e. The molecule has 0 fully saturated rings. The van der Waals surface area contributed by atoms with Crippen molar-refractivity contribution in [2.45, 2.75) is 19.4 Å². The highest BCUT2D eigenvalue weighted by atomic mass is 16.6. The average molecular weight is 191 g/mol. The van der Waals surface area contributed by atoms with Crippen molar-refractivity contribution >= 4 is 5.71 Å². The molecule has 0 amide bonds. The molecule has 0 spiro atoms. The van der Waals surface area contributed by atoms with Crippen LogP contribution in [-0.2, 0) is 4.84 Å². The predicted octanol–water partition coefficient (Wildman–Crippen LogP) is 1.48. The Morgan fingerprint density at radius 3 is 3.07 bits per heavy atom. The fourth-order valence-electron chi connectivity index (χ4n) is 1.52. The molecule has 1 aromatic rings. The van der Waals surface area contributed by atoms with Crippen molar-refractivity contribution in [1.82, 2.24) is 0 Å². The van der Waals surface area contributed by atoms with Crippen molar-refractivity contribution in [3.63, 3.8) is 0 Å². The molecule has 3 heteroatoms. The van der Waals surface area contributed by atoms with Gasteiger partial charge in [0.2, 0.25) is 0 Å². The number of aliphatic hydroxyl groups is 1. The van der Waals surface area contributed by atoms with E-state index in [0.29, 0.717) is 6.42 Å². The third-order valence-corrected chi connectivity index (χ3v) is 2.29. The lowest BCUT2D eigenvalue weighted by Gasteiger charge is -2.02. The summed E-state index contributed by atoms with van der Waals surface area (Å²) >= 11 is 0. The number of hydrogen-bond donors (Lipinski definition) is 1. The third kappa shape index (κ3) is 1.77. The Hall–Kier alpha value is -1.35. The van der Waals surface area contributed by atoms with E-state index in [-0.39, 0.29) is 12.7 Å². The first-order chi connectivity index (χ1) is 6.79. The smallest absolute Gasteiger partial charge is 0.156 e. The Kier molecular flexibility index (Phi) is 2.50. The Morgan fingerprint density at radius 2 is 2.43 bits per heavy atom. The Balaban J connectivity index is 2.17. The van der Waals surface area contributed by atoms with E-state index < -0.39 is 0 Å². The van der Waals surface area contributed by atoms with Gasteiger partial charge in [-0.05, 0) is 12.5 Å². The topological polar surface area (TPSA) is 41.8 Å². The van der Waals surface area contributed by atoms with Crippen LogP contribution in [0.1, 0.15) is 17.5 Å². The summed E-state index contributed by atoms with van der Waals surface area (Å²) in [4.78, 5) is 5.05. The van der Waals surface area contributed by atoms with Gasteiger partial charge in [0.1, 0.15) is 0 Å². The summed E-state index contributed by atoms with van der Waals surface area (Å²) in [6.45, 7) is 2.07. The number of nitrogens with zero attached hydrogens (tertiary/aromatic N) is 1. The van der Waals surface area contributed by atoms with Gasteiger partial charge in [-0.1, -0.05) is 35.0 Å². The van der Waals surface area contributed by atoms with E-state index in [9.17, 15) is 0 Å². The first kappa shape index (κ1) is 9.21. The lowest BCUT2D eigenvalue weighted by Crippen LogP contribution is -2.12.